The Balaban J connectivity index is 2.27. The van der Waals surface area contributed by atoms with E-state index in [1.54, 1.807) is 25.4 Å². The number of anilines is 1. The predicted octanol–water partition coefficient (Wildman–Crippen LogP) is 2.45. The third-order valence-corrected chi connectivity index (χ3v) is 3.94. The largest absolute Gasteiger partial charge is 0.462 e. The molecule has 0 aliphatic carbocycles. The third kappa shape index (κ3) is 2.80. The van der Waals surface area contributed by atoms with Gasteiger partial charge in [0.1, 0.15) is 5.03 Å². The Hall–Kier alpha value is -1.60. The zero-order valence-electron chi connectivity index (χ0n) is 9.62. The SMILES string of the molecule is CCOC(=O)c1ccnc(Sc2nccs2)c1N. The van der Waals surface area contributed by atoms with Crippen LogP contribution in [-0.4, -0.2) is 22.5 Å². The van der Waals surface area contributed by atoms with Crippen molar-refractivity contribution in [3.05, 3.63) is 29.4 Å². The van der Waals surface area contributed by atoms with E-state index in [9.17, 15) is 4.79 Å². The Morgan fingerprint density at radius 3 is 3.00 bits per heavy atom. The average Bonchev–Trinajstić information content (AvgIpc) is 2.85. The first-order chi connectivity index (χ1) is 8.72. The molecule has 5 nitrogen and oxygen atoms in total. The van der Waals surface area contributed by atoms with E-state index < -0.39 is 5.97 Å². The monoisotopic (exact) mass is 281 g/mol. The van der Waals surface area contributed by atoms with Gasteiger partial charge >= 0.3 is 5.97 Å². The summed E-state index contributed by atoms with van der Waals surface area (Å²) < 4.78 is 5.76. The molecule has 2 N–H and O–H groups in total. The Morgan fingerprint density at radius 2 is 2.33 bits per heavy atom. The van der Waals surface area contributed by atoms with E-state index in [4.69, 9.17) is 10.5 Å². The molecule has 2 aromatic rings. The zero-order valence-corrected chi connectivity index (χ0v) is 11.3. The molecule has 0 radical (unpaired) electrons. The average molecular weight is 281 g/mol. The van der Waals surface area contributed by atoms with Crippen molar-refractivity contribution in [1.82, 2.24) is 9.97 Å². The standard InChI is InChI=1S/C11H11N3O2S2/c1-2-16-10(15)7-3-4-13-9(8(7)12)18-11-14-5-6-17-11/h3-6H,2,12H2,1H3. The number of carbonyl (C=O) groups is 1. The second-order valence-electron chi connectivity index (χ2n) is 3.20. The maximum atomic E-state index is 11.7. The fourth-order valence-corrected chi connectivity index (χ4v) is 2.83. The van der Waals surface area contributed by atoms with E-state index in [2.05, 4.69) is 9.97 Å². The summed E-state index contributed by atoms with van der Waals surface area (Å²) in [5.74, 6) is -0.432. The van der Waals surface area contributed by atoms with Crippen molar-refractivity contribution >= 4 is 34.8 Å². The fraction of sp³-hybridized carbons (Fsp3) is 0.182. The summed E-state index contributed by atoms with van der Waals surface area (Å²) in [6, 6.07) is 1.55. The van der Waals surface area contributed by atoms with Crippen molar-refractivity contribution in [2.45, 2.75) is 16.3 Å². The van der Waals surface area contributed by atoms with Gasteiger partial charge in [0.15, 0.2) is 4.34 Å². The molecule has 7 heteroatoms. The molecule has 0 aliphatic rings. The molecule has 0 bridgehead atoms. The summed E-state index contributed by atoms with van der Waals surface area (Å²) in [4.78, 5) is 20.0. The molecule has 2 aromatic heterocycles. The van der Waals surface area contributed by atoms with E-state index in [-0.39, 0.29) is 0 Å². The molecular weight excluding hydrogens is 270 g/mol. The number of ether oxygens (including phenoxy) is 1. The lowest BCUT2D eigenvalue weighted by atomic mass is 10.2. The maximum Gasteiger partial charge on any atom is 0.340 e. The van der Waals surface area contributed by atoms with Crippen LogP contribution in [0.1, 0.15) is 17.3 Å². The summed E-state index contributed by atoms with van der Waals surface area (Å²) in [7, 11) is 0. The van der Waals surface area contributed by atoms with Crippen molar-refractivity contribution in [3.8, 4) is 0 Å². The smallest absolute Gasteiger partial charge is 0.340 e. The number of hydrogen-bond donors (Lipinski definition) is 1. The summed E-state index contributed by atoms with van der Waals surface area (Å²) in [6.07, 6.45) is 3.25. The number of rotatable bonds is 4. The lowest BCUT2D eigenvalue weighted by molar-refractivity contribution is 0.0527. The van der Waals surface area contributed by atoms with Gasteiger partial charge in [-0.05, 0) is 24.8 Å². The number of hydrogen-bond acceptors (Lipinski definition) is 7. The number of aromatic nitrogens is 2. The Kier molecular flexibility index (Phi) is 4.16. The molecule has 18 heavy (non-hydrogen) atoms. The molecule has 0 amide bonds. The normalized spacial score (nSPS) is 10.3. The Morgan fingerprint density at radius 1 is 1.50 bits per heavy atom. The highest BCUT2D eigenvalue weighted by molar-refractivity contribution is 8.01. The highest BCUT2D eigenvalue weighted by Crippen LogP contribution is 2.33. The van der Waals surface area contributed by atoms with Crippen LogP contribution in [0, 0.1) is 0 Å². The molecule has 2 rings (SSSR count). The number of carbonyl (C=O) groups excluding carboxylic acids is 1. The van der Waals surface area contributed by atoms with Crippen LogP contribution in [0.3, 0.4) is 0 Å². The topological polar surface area (TPSA) is 78.1 Å². The van der Waals surface area contributed by atoms with Crippen LogP contribution >= 0.6 is 23.1 Å². The van der Waals surface area contributed by atoms with Gasteiger partial charge in [-0.3, -0.25) is 0 Å². The van der Waals surface area contributed by atoms with Crippen molar-refractivity contribution < 1.29 is 9.53 Å². The van der Waals surface area contributed by atoms with Crippen LogP contribution in [0.25, 0.3) is 0 Å². The summed E-state index contributed by atoms with van der Waals surface area (Å²) >= 11 is 2.83. The van der Waals surface area contributed by atoms with Gasteiger partial charge < -0.3 is 10.5 Å². The minimum Gasteiger partial charge on any atom is -0.462 e. The fourth-order valence-electron chi connectivity index (χ4n) is 1.27. The van der Waals surface area contributed by atoms with Crippen molar-refractivity contribution in [2.75, 3.05) is 12.3 Å². The molecule has 0 aromatic carbocycles. The summed E-state index contributed by atoms with van der Waals surface area (Å²) in [5, 5.41) is 2.43. The van der Waals surface area contributed by atoms with Gasteiger partial charge in [0.2, 0.25) is 0 Å². The molecule has 0 saturated heterocycles. The second kappa shape index (κ2) is 5.83. The van der Waals surface area contributed by atoms with E-state index in [1.807, 2.05) is 5.38 Å². The van der Waals surface area contributed by atoms with Crippen molar-refractivity contribution in [3.63, 3.8) is 0 Å². The van der Waals surface area contributed by atoms with Crippen LogP contribution in [0.5, 0.6) is 0 Å². The van der Waals surface area contributed by atoms with Gasteiger partial charge in [0, 0.05) is 17.8 Å². The minimum atomic E-state index is -0.432. The van der Waals surface area contributed by atoms with Crippen LogP contribution in [0.4, 0.5) is 5.69 Å². The van der Waals surface area contributed by atoms with Crippen LogP contribution < -0.4 is 5.73 Å². The van der Waals surface area contributed by atoms with Crippen molar-refractivity contribution in [2.24, 2.45) is 0 Å². The summed E-state index contributed by atoms with van der Waals surface area (Å²) in [6.45, 7) is 2.07. The lowest BCUT2D eigenvalue weighted by Gasteiger charge is -2.07. The molecule has 0 aliphatic heterocycles. The van der Waals surface area contributed by atoms with E-state index in [0.717, 1.165) is 4.34 Å². The molecule has 0 atom stereocenters. The quantitative estimate of drug-likeness (QED) is 0.867. The first-order valence-corrected chi connectivity index (χ1v) is 6.91. The van der Waals surface area contributed by atoms with E-state index >= 15 is 0 Å². The zero-order chi connectivity index (χ0) is 13.0. The number of nitrogens with zero attached hydrogens (tertiary/aromatic N) is 2. The third-order valence-electron chi connectivity index (χ3n) is 2.04. The number of nitrogen functional groups attached to an aromatic ring is 1. The van der Waals surface area contributed by atoms with Crippen molar-refractivity contribution in [1.29, 1.82) is 0 Å². The highest BCUT2D eigenvalue weighted by Gasteiger charge is 2.15. The van der Waals surface area contributed by atoms with Gasteiger partial charge in [-0.1, -0.05) is 0 Å². The Bertz CT molecular complexity index is 543. The number of nitrogens with two attached hydrogens (primary N) is 1. The second-order valence-corrected chi connectivity index (χ2v) is 5.33. The molecule has 94 valence electrons. The summed E-state index contributed by atoms with van der Waals surface area (Å²) in [5.41, 5.74) is 6.59. The maximum absolute atomic E-state index is 11.7. The van der Waals surface area contributed by atoms with Crippen LogP contribution in [0.2, 0.25) is 0 Å². The van der Waals surface area contributed by atoms with Gasteiger partial charge in [0.05, 0.1) is 17.9 Å². The minimum absolute atomic E-state index is 0.315. The molecule has 0 fully saturated rings. The molecule has 0 spiro atoms. The number of pyridine rings is 1. The van der Waals surface area contributed by atoms with Gasteiger partial charge in [-0.15, -0.1) is 11.3 Å². The lowest BCUT2D eigenvalue weighted by Crippen LogP contribution is -2.09. The molecule has 0 saturated carbocycles. The first kappa shape index (κ1) is 12.8. The van der Waals surface area contributed by atoms with Crippen LogP contribution in [0.15, 0.2) is 33.2 Å². The Labute approximate surface area is 112 Å². The number of thiazole rings is 1. The van der Waals surface area contributed by atoms with E-state index in [1.165, 1.54) is 23.1 Å². The van der Waals surface area contributed by atoms with E-state index in [0.29, 0.717) is 22.9 Å². The molecule has 2 heterocycles. The van der Waals surface area contributed by atoms with Gasteiger partial charge in [-0.2, -0.15) is 0 Å². The molecule has 0 unspecified atom stereocenters. The van der Waals surface area contributed by atoms with Crippen LogP contribution in [-0.2, 0) is 4.74 Å². The number of esters is 1. The first-order valence-electron chi connectivity index (χ1n) is 5.21. The highest BCUT2D eigenvalue weighted by atomic mass is 32.2. The molecular formula is C11H11N3O2S2. The predicted molar refractivity (Wildman–Crippen MR) is 70.8 cm³/mol. The van der Waals surface area contributed by atoms with Gasteiger partial charge in [0.25, 0.3) is 0 Å². The van der Waals surface area contributed by atoms with Gasteiger partial charge in [-0.25, -0.2) is 14.8 Å².